The summed E-state index contributed by atoms with van der Waals surface area (Å²) < 4.78 is 3.54. The minimum Gasteiger partial charge on any atom is -0.463 e. The minimum absolute atomic E-state index is 0.388. The number of rotatable bonds is 13. The van der Waals surface area contributed by atoms with Crippen molar-refractivity contribution in [2.45, 2.75) is 82.4 Å². The number of carbonyl (C=O) groups excluding carboxylic acids is 1. The van der Waals surface area contributed by atoms with Crippen LogP contribution in [-0.4, -0.2) is 16.9 Å². The van der Waals surface area contributed by atoms with Crippen molar-refractivity contribution in [2.75, 3.05) is 6.61 Å². The van der Waals surface area contributed by atoms with E-state index in [2.05, 4.69) is 19.1 Å². The van der Waals surface area contributed by atoms with Crippen LogP contribution in [0.2, 0.25) is 0 Å². The molecule has 0 aliphatic carbocycles. The van der Waals surface area contributed by atoms with Gasteiger partial charge in [0.25, 0.3) is 0 Å². The molecular weight excluding hydrogens is 307 g/mol. The Balaban J connectivity index is 3.28. The minimum atomic E-state index is -1.43. The van der Waals surface area contributed by atoms with Crippen molar-refractivity contribution in [1.29, 1.82) is 0 Å². The molecule has 0 atom stereocenters. The number of hydrogen-bond acceptors (Lipinski definition) is 2. The fraction of sp³-hybridized carbons (Fsp3) is 0.824. The normalized spacial score (nSPS) is 12.0. The van der Waals surface area contributed by atoms with Crippen LogP contribution < -0.4 is 0 Å². The van der Waals surface area contributed by atoms with Gasteiger partial charge < -0.3 is 4.74 Å². The summed E-state index contributed by atoms with van der Waals surface area (Å²) in [5.74, 6) is -0.565. The van der Waals surface area contributed by atoms with Gasteiger partial charge in [-0.2, -0.15) is 0 Å². The summed E-state index contributed by atoms with van der Waals surface area (Å²) in [6.07, 6.45) is 16.6. The Bertz CT molecular complexity index is 283. The first-order chi connectivity index (χ1) is 9.98. The maximum Gasteiger partial charge on any atom is 0.342 e. The Morgan fingerprint density at radius 1 is 0.952 bits per heavy atom. The molecule has 0 aliphatic heterocycles. The molecule has 4 heteroatoms. The molecule has 0 fully saturated rings. The lowest BCUT2D eigenvalue weighted by Crippen LogP contribution is -2.24. The molecule has 0 saturated carbocycles. The second-order valence-electron chi connectivity index (χ2n) is 5.55. The number of alkyl halides is 2. The molecular formula is C17H30Cl2O2. The van der Waals surface area contributed by atoms with Crippen LogP contribution in [0.15, 0.2) is 12.2 Å². The summed E-state index contributed by atoms with van der Waals surface area (Å²) in [5.41, 5.74) is 0. The van der Waals surface area contributed by atoms with E-state index in [1.54, 1.807) is 0 Å². The number of halogens is 2. The van der Waals surface area contributed by atoms with E-state index < -0.39 is 10.3 Å². The molecule has 0 amide bonds. The quantitative estimate of drug-likeness (QED) is 0.173. The second-order valence-corrected chi connectivity index (χ2v) is 7.25. The van der Waals surface area contributed by atoms with Gasteiger partial charge in [0.2, 0.25) is 4.33 Å². The van der Waals surface area contributed by atoms with Crippen molar-refractivity contribution >= 4 is 29.2 Å². The first-order valence-electron chi connectivity index (χ1n) is 8.18. The van der Waals surface area contributed by atoms with Crippen LogP contribution in [0.1, 0.15) is 78.1 Å². The Morgan fingerprint density at radius 3 is 2.05 bits per heavy atom. The number of carbonyl (C=O) groups is 1. The largest absolute Gasteiger partial charge is 0.463 e. The summed E-state index contributed by atoms with van der Waals surface area (Å²) >= 11 is 11.2. The van der Waals surface area contributed by atoms with Crippen LogP contribution in [0.3, 0.4) is 0 Å². The Morgan fingerprint density at radius 2 is 1.48 bits per heavy atom. The lowest BCUT2D eigenvalue weighted by molar-refractivity contribution is -0.144. The third-order valence-corrected chi connectivity index (χ3v) is 3.56. The van der Waals surface area contributed by atoms with Crippen molar-refractivity contribution in [2.24, 2.45) is 0 Å². The van der Waals surface area contributed by atoms with Gasteiger partial charge in [-0.05, 0) is 39.0 Å². The lowest BCUT2D eigenvalue weighted by atomic mass is 10.1. The van der Waals surface area contributed by atoms with E-state index in [1.165, 1.54) is 51.9 Å². The lowest BCUT2D eigenvalue weighted by Gasteiger charge is -2.11. The highest BCUT2D eigenvalue weighted by molar-refractivity contribution is 6.57. The molecule has 0 aliphatic rings. The average Bonchev–Trinajstić information content (AvgIpc) is 2.42. The molecule has 0 heterocycles. The maximum atomic E-state index is 11.3. The standard InChI is InChI=1S/C17H30Cl2O2/c1-3-4-5-6-7-8-9-10-11-12-13-14-15-21-16(20)17(2,18)19/h10-11H,3-9,12-15H2,1-2H3/b11-10-. The monoisotopic (exact) mass is 336 g/mol. The fourth-order valence-corrected chi connectivity index (χ4v) is 2.04. The van der Waals surface area contributed by atoms with Gasteiger partial charge in [-0.25, -0.2) is 4.79 Å². The van der Waals surface area contributed by atoms with E-state index in [0.29, 0.717) is 6.61 Å². The number of ether oxygens (including phenoxy) is 1. The third-order valence-electron chi connectivity index (χ3n) is 3.25. The molecule has 0 saturated heterocycles. The molecule has 0 bridgehead atoms. The smallest absolute Gasteiger partial charge is 0.342 e. The van der Waals surface area contributed by atoms with Crippen LogP contribution in [0.25, 0.3) is 0 Å². The molecule has 21 heavy (non-hydrogen) atoms. The zero-order valence-electron chi connectivity index (χ0n) is 13.5. The first-order valence-corrected chi connectivity index (χ1v) is 8.94. The van der Waals surface area contributed by atoms with E-state index in [-0.39, 0.29) is 0 Å². The number of hydrogen-bond donors (Lipinski definition) is 0. The molecule has 0 radical (unpaired) electrons. The first kappa shape index (κ1) is 20.8. The van der Waals surface area contributed by atoms with E-state index in [1.807, 2.05) is 0 Å². The van der Waals surface area contributed by atoms with E-state index in [4.69, 9.17) is 27.9 Å². The SMILES string of the molecule is CCCCCCCC/C=C\CCCCOC(=O)C(C)(Cl)Cl. The van der Waals surface area contributed by atoms with E-state index in [9.17, 15) is 4.79 Å². The van der Waals surface area contributed by atoms with Gasteiger partial charge in [0.15, 0.2) is 0 Å². The summed E-state index contributed by atoms with van der Waals surface area (Å²) in [5, 5.41) is 0. The van der Waals surface area contributed by atoms with Crippen molar-refractivity contribution in [3.05, 3.63) is 12.2 Å². The van der Waals surface area contributed by atoms with Crippen molar-refractivity contribution in [3.8, 4) is 0 Å². The third kappa shape index (κ3) is 14.5. The van der Waals surface area contributed by atoms with Gasteiger partial charge in [0, 0.05) is 0 Å². The Hall–Kier alpha value is -0.210. The summed E-state index contributed by atoms with van der Waals surface area (Å²) in [6, 6.07) is 0. The van der Waals surface area contributed by atoms with Crippen LogP contribution in [0.5, 0.6) is 0 Å². The van der Waals surface area contributed by atoms with Crippen LogP contribution in [0.4, 0.5) is 0 Å². The zero-order chi connectivity index (χ0) is 16.0. The number of esters is 1. The van der Waals surface area contributed by atoms with Crippen molar-refractivity contribution < 1.29 is 9.53 Å². The van der Waals surface area contributed by atoms with E-state index >= 15 is 0 Å². The zero-order valence-corrected chi connectivity index (χ0v) is 15.0. The summed E-state index contributed by atoms with van der Waals surface area (Å²) in [4.78, 5) is 11.3. The predicted molar refractivity (Wildman–Crippen MR) is 92.1 cm³/mol. The molecule has 124 valence electrons. The topological polar surface area (TPSA) is 26.3 Å². The molecule has 0 spiro atoms. The van der Waals surface area contributed by atoms with E-state index in [0.717, 1.165) is 19.3 Å². The fourth-order valence-electron chi connectivity index (χ4n) is 1.93. The maximum absolute atomic E-state index is 11.3. The molecule has 0 aromatic carbocycles. The summed E-state index contributed by atoms with van der Waals surface area (Å²) in [7, 11) is 0. The van der Waals surface area contributed by atoms with Gasteiger partial charge in [-0.15, -0.1) is 0 Å². The summed E-state index contributed by atoms with van der Waals surface area (Å²) in [6.45, 7) is 4.05. The Labute approximate surface area is 140 Å². The van der Waals surface area contributed by atoms with Gasteiger partial charge in [0.05, 0.1) is 6.61 Å². The number of unbranched alkanes of at least 4 members (excludes halogenated alkanes) is 8. The average molecular weight is 337 g/mol. The van der Waals surface area contributed by atoms with Gasteiger partial charge in [-0.3, -0.25) is 0 Å². The second kappa shape index (κ2) is 13.5. The van der Waals surface area contributed by atoms with Crippen molar-refractivity contribution in [3.63, 3.8) is 0 Å². The molecule has 0 rings (SSSR count). The molecule has 0 aromatic rings. The highest BCUT2D eigenvalue weighted by Crippen LogP contribution is 2.21. The molecule has 0 N–H and O–H groups in total. The van der Waals surface area contributed by atoms with Crippen LogP contribution in [0, 0.1) is 0 Å². The van der Waals surface area contributed by atoms with Gasteiger partial charge in [-0.1, -0.05) is 74.4 Å². The highest BCUT2D eigenvalue weighted by atomic mass is 35.5. The molecule has 0 aromatic heterocycles. The van der Waals surface area contributed by atoms with Gasteiger partial charge >= 0.3 is 5.97 Å². The number of allylic oxidation sites excluding steroid dienone is 2. The molecule has 2 nitrogen and oxygen atoms in total. The predicted octanol–water partition coefficient (Wildman–Crippen LogP) is 6.20. The van der Waals surface area contributed by atoms with Crippen molar-refractivity contribution in [1.82, 2.24) is 0 Å². The van der Waals surface area contributed by atoms with Crippen LogP contribution >= 0.6 is 23.2 Å². The van der Waals surface area contributed by atoms with Crippen LogP contribution in [-0.2, 0) is 9.53 Å². The van der Waals surface area contributed by atoms with Gasteiger partial charge in [0.1, 0.15) is 0 Å². The highest BCUT2D eigenvalue weighted by Gasteiger charge is 2.28. The Kier molecular flexibility index (Phi) is 13.3. The molecule has 0 unspecified atom stereocenters.